The minimum Gasteiger partial charge on any atom is -0.473 e. The Morgan fingerprint density at radius 3 is 2.40 bits per heavy atom. The molecule has 1 aromatic heterocycles. The van der Waals surface area contributed by atoms with Crippen molar-refractivity contribution in [3.63, 3.8) is 0 Å². The van der Waals surface area contributed by atoms with Crippen LogP contribution in [0.4, 0.5) is 4.79 Å². The van der Waals surface area contributed by atoms with Gasteiger partial charge in [0.1, 0.15) is 18.1 Å². The summed E-state index contributed by atoms with van der Waals surface area (Å²) in [5.41, 5.74) is 4.79. The summed E-state index contributed by atoms with van der Waals surface area (Å²) < 4.78 is 14.7. The Kier molecular flexibility index (Phi) is 3.73. The number of carbonyl (C=O) groups is 1. The monoisotopic (exact) mass is 212 g/mol. The van der Waals surface area contributed by atoms with Crippen LogP contribution in [0.3, 0.4) is 0 Å². The fraction of sp³-hybridized carbons (Fsp3) is 0.333. The molecule has 0 aliphatic heterocycles. The lowest BCUT2D eigenvalue weighted by Crippen LogP contribution is -2.12. The topological polar surface area (TPSA) is 98.5 Å². The summed E-state index contributed by atoms with van der Waals surface area (Å²) in [7, 11) is 0. The molecule has 0 radical (unpaired) electrons. The molecule has 0 unspecified atom stereocenters. The molecule has 0 bridgehead atoms. The van der Waals surface area contributed by atoms with E-state index in [9.17, 15) is 4.79 Å². The molecule has 15 heavy (non-hydrogen) atoms. The van der Waals surface area contributed by atoms with Crippen molar-refractivity contribution in [2.75, 3.05) is 0 Å². The van der Waals surface area contributed by atoms with Gasteiger partial charge in [0, 0.05) is 6.92 Å². The average molecular weight is 212 g/mol. The Balaban J connectivity index is 2.41. The van der Waals surface area contributed by atoms with Gasteiger partial charge in [-0.15, -0.1) is 0 Å². The summed E-state index contributed by atoms with van der Waals surface area (Å²) in [4.78, 5) is 10.3. The van der Waals surface area contributed by atoms with E-state index >= 15 is 0 Å². The number of carbonyl (C=O) groups excluding carboxylic acids is 1. The number of ether oxygens (including phenoxy) is 2. The summed E-state index contributed by atoms with van der Waals surface area (Å²) in [6.07, 6.45) is -0.848. The van der Waals surface area contributed by atoms with Crippen LogP contribution in [0.25, 0.3) is 0 Å². The predicted molar refractivity (Wildman–Crippen MR) is 51.3 cm³/mol. The third-order valence-corrected chi connectivity index (χ3v) is 1.50. The number of hydrogen-bond acceptors (Lipinski definition) is 5. The van der Waals surface area contributed by atoms with Gasteiger partial charge < -0.3 is 19.6 Å². The van der Waals surface area contributed by atoms with E-state index in [0.29, 0.717) is 11.5 Å². The third kappa shape index (κ3) is 4.17. The molecule has 0 saturated carbocycles. The van der Waals surface area contributed by atoms with E-state index in [1.807, 2.05) is 0 Å². The van der Waals surface area contributed by atoms with Gasteiger partial charge in [0.15, 0.2) is 12.5 Å². The molecule has 0 aliphatic carbocycles. The van der Waals surface area contributed by atoms with Crippen molar-refractivity contribution in [1.29, 1.82) is 5.41 Å². The lowest BCUT2D eigenvalue weighted by atomic mass is 10.4. The highest BCUT2D eigenvalue weighted by Crippen LogP contribution is 2.10. The Labute approximate surface area is 86.5 Å². The maximum atomic E-state index is 10.3. The molecule has 0 aromatic carbocycles. The van der Waals surface area contributed by atoms with Gasteiger partial charge in [-0.2, -0.15) is 0 Å². The molecule has 1 aromatic rings. The van der Waals surface area contributed by atoms with Crippen LogP contribution in [0.1, 0.15) is 18.4 Å². The zero-order valence-corrected chi connectivity index (χ0v) is 8.28. The standard InChI is InChI=1S/C9H12N2O4/c1-6(10)13-4-7-2-3-8(15-7)5-14-9(11)12/h2-3,10H,4-5H2,1H3,(H2,11,12). The fourth-order valence-electron chi connectivity index (χ4n) is 0.899. The van der Waals surface area contributed by atoms with Crippen LogP contribution < -0.4 is 5.73 Å². The highest BCUT2D eigenvalue weighted by molar-refractivity contribution is 5.69. The molecule has 0 spiro atoms. The number of amides is 1. The van der Waals surface area contributed by atoms with E-state index in [1.165, 1.54) is 6.92 Å². The van der Waals surface area contributed by atoms with E-state index in [-0.39, 0.29) is 19.1 Å². The molecular formula is C9H12N2O4. The van der Waals surface area contributed by atoms with Gasteiger partial charge >= 0.3 is 6.09 Å². The third-order valence-electron chi connectivity index (χ3n) is 1.50. The van der Waals surface area contributed by atoms with Gasteiger partial charge in [-0.05, 0) is 12.1 Å². The van der Waals surface area contributed by atoms with Crippen LogP contribution in [0.2, 0.25) is 0 Å². The molecule has 6 nitrogen and oxygen atoms in total. The van der Waals surface area contributed by atoms with Crippen molar-refractivity contribution in [1.82, 2.24) is 0 Å². The summed E-state index contributed by atoms with van der Waals surface area (Å²) in [6.45, 7) is 1.71. The first-order chi connectivity index (χ1) is 7.08. The molecule has 0 atom stereocenters. The zero-order valence-electron chi connectivity index (χ0n) is 8.28. The van der Waals surface area contributed by atoms with Crippen molar-refractivity contribution in [3.8, 4) is 0 Å². The van der Waals surface area contributed by atoms with Crippen molar-refractivity contribution in [2.45, 2.75) is 20.1 Å². The highest BCUT2D eigenvalue weighted by atomic mass is 16.6. The molecule has 1 rings (SSSR count). The van der Waals surface area contributed by atoms with Crippen molar-refractivity contribution in [3.05, 3.63) is 23.7 Å². The molecule has 6 heteroatoms. The predicted octanol–water partition coefficient (Wildman–Crippen LogP) is 1.39. The van der Waals surface area contributed by atoms with E-state index in [0.717, 1.165) is 0 Å². The van der Waals surface area contributed by atoms with Crippen LogP contribution in [-0.4, -0.2) is 12.0 Å². The molecule has 3 N–H and O–H groups in total. The second-order valence-electron chi connectivity index (χ2n) is 2.82. The van der Waals surface area contributed by atoms with Gasteiger partial charge in [0.2, 0.25) is 0 Å². The average Bonchev–Trinajstić information content (AvgIpc) is 2.59. The van der Waals surface area contributed by atoms with Crippen LogP contribution >= 0.6 is 0 Å². The van der Waals surface area contributed by atoms with Gasteiger partial charge in [0.25, 0.3) is 0 Å². The van der Waals surface area contributed by atoms with Crippen molar-refractivity contribution in [2.24, 2.45) is 5.73 Å². The zero-order chi connectivity index (χ0) is 11.3. The van der Waals surface area contributed by atoms with Crippen molar-refractivity contribution >= 4 is 12.0 Å². The Bertz CT molecular complexity index is 326. The quantitative estimate of drug-likeness (QED) is 0.581. The largest absolute Gasteiger partial charge is 0.473 e. The van der Waals surface area contributed by atoms with Gasteiger partial charge in [-0.1, -0.05) is 0 Å². The molecule has 1 amide bonds. The smallest absolute Gasteiger partial charge is 0.404 e. The highest BCUT2D eigenvalue weighted by Gasteiger charge is 2.04. The SMILES string of the molecule is CC(=N)OCc1ccc(COC(N)=O)o1. The Morgan fingerprint density at radius 1 is 1.40 bits per heavy atom. The van der Waals surface area contributed by atoms with E-state index in [1.54, 1.807) is 12.1 Å². The number of furan rings is 1. The fourth-order valence-corrected chi connectivity index (χ4v) is 0.899. The first-order valence-electron chi connectivity index (χ1n) is 4.25. The molecule has 1 heterocycles. The van der Waals surface area contributed by atoms with Crippen LogP contribution in [0.15, 0.2) is 16.5 Å². The molecule has 82 valence electrons. The first-order valence-corrected chi connectivity index (χ1v) is 4.25. The molecule has 0 saturated heterocycles. The summed E-state index contributed by atoms with van der Waals surface area (Å²) in [5, 5.41) is 7.04. The molecule has 0 aliphatic rings. The van der Waals surface area contributed by atoms with Crippen LogP contribution in [0.5, 0.6) is 0 Å². The van der Waals surface area contributed by atoms with Gasteiger partial charge in [-0.3, -0.25) is 5.41 Å². The number of rotatable bonds is 4. The number of nitrogens with one attached hydrogen (secondary N) is 1. The maximum Gasteiger partial charge on any atom is 0.404 e. The van der Waals surface area contributed by atoms with Crippen LogP contribution in [0, 0.1) is 5.41 Å². The summed E-state index contributed by atoms with van der Waals surface area (Å²) in [5.74, 6) is 1.15. The minimum atomic E-state index is -0.848. The molecular weight excluding hydrogens is 200 g/mol. The normalized spacial score (nSPS) is 9.67. The van der Waals surface area contributed by atoms with E-state index in [2.05, 4.69) is 4.74 Å². The van der Waals surface area contributed by atoms with Crippen LogP contribution in [-0.2, 0) is 22.7 Å². The maximum absolute atomic E-state index is 10.3. The number of hydrogen-bond donors (Lipinski definition) is 2. The second kappa shape index (κ2) is 5.04. The van der Waals surface area contributed by atoms with E-state index in [4.69, 9.17) is 20.3 Å². The second-order valence-corrected chi connectivity index (χ2v) is 2.82. The number of primary amides is 1. The van der Waals surface area contributed by atoms with Crippen molar-refractivity contribution < 1.29 is 18.7 Å². The minimum absolute atomic E-state index is 0.00109. The van der Waals surface area contributed by atoms with E-state index < -0.39 is 6.09 Å². The summed E-state index contributed by atoms with van der Waals surface area (Å²) in [6, 6.07) is 3.34. The lowest BCUT2D eigenvalue weighted by Gasteiger charge is -2.00. The Hall–Kier alpha value is -1.98. The lowest BCUT2D eigenvalue weighted by molar-refractivity contribution is 0.139. The Morgan fingerprint density at radius 2 is 1.93 bits per heavy atom. The van der Waals surface area contributed by atoms with Gasteiger partial charge in [-0.25, -0.2) is 4.79 Å². The number of nitrogens with two attached hydrogens (primary N) is 1. The molecule has 0 fully saturated rings. The van der Waals surface area contributed by atoms with Gasteiger partial charge in [0.05, 0.1) is 0 Å². The summed E-state index contributed by atoms with van der Waals surface area (Å²) >= 11 is 0. The first kappa shape index (κ1) is 11.1.